The van der Waals surface area contributed by atoms with Gasteiger partial charge in [-0.25, -0.2) is 4.79 Å². The van der Waals surface area contributed by atoms with Crippen LogP contribution in [0.1, 0.15) is 35.7 Å². The topological polar surface area (TPSA) is 38.7 Å². The molecule has 0 fully saturated rings. The Bertz CT molecular complexity index is 603. The number of hydrogen-bond acceptors (Lipinski definition) is 3. The molecule has 0 saturated carbocycles. The maximum absolute atomic E-state index is 11.5. The summed E-state index contributed by atoms with van der Waals surface area (Å²) in [6, 6.07) is 17.3. The summed E-state index contributed by atoms with van der Waals surface area (Å²) in [6.45, 7) is 4.28. The summed E-state index contributed by atoms with van der Waals surface area (Å²) in [5.41, 5.74) is 2.60. The van der Waals surface area contributed by atoms with Gasteiger partial charge in [-0.3, -0.25) is 4.99 Å². The minimum atomic E-state index is -0.300. The Labute approximate surface area is 125 Å². The molecular weight excluding hydrogens is 262 g/mol. The molecule has 2 aromatic carbocycles. The molecule has 3 nitrogen and oxygen atoms in total. The Balaban J connectivity index is 2.03. The largest absolute Gasteiger partial charge is 0.462 e. The first kappa shape index (κ1) is 15.0. The van der Waals surface area contributed by atoms with Crippen LogP contribution in [0.5, 0.6) is 0 Å². The van der Waals surface area contributed by atoms with Crippen molar-refractivity contribution < 1.29 is 9.53 Å². The van der Waals surface area contributed by atoms with E-state index in [1.807, 2.05) is 36.5 Å². The average molecular weight is 281 g/mol. The van der Waals surface area contributed by atoms with Crippen LogP contribution < -0.4 is 0 Å². The molecule has 0 N–H and O–H groups in total. The van der Waals surface area contributed by atoms with Crippen LogP contribution in [-0.2, 0) is 4.74 Å². The monoisotopic (exact) mass is 281 g/mol. The van der Waals surface area contributed by atoms with E-state index in [0.29, 0.717) is 12.2 Å². The summed E-state index contributed by atoms with van der Waals surface area (Å²) >= 11 is 0. The smallest absolute Gasteiger partial charge is 0.338 e. The maximum Gasteiger partial charge on any atom is 0.338 e. The molecule has 0 saturated heterocycles. The molecule has 0 heterocycles. The number of carbonyl (C=O) groups excluding carboxylic acids is 1. The Morgan fingerprint density at radius 3 is 2.43 bits per heavy atom. The summed E-state index contributed by atoms with van der Waals surface area (Å²) < 4.78 is 4.95. The van der Waals surface area contributed by atoms with Gasteiger partial charge >= 0.3 is 5.97 Å². The minimum absolute atomic E-state index is 0.246. The van der Waals surface area contributed by atoms with Crippen molar-refractivity contribution in [2.24, 2.45) is 4.99 Å². The van der Waals surface area contributed by atoms with E-state index in [9.17, 15) is 4.79 Å². The van der Waals surface area contributed by atoms with Crippen LogP contribution in [0.3, 0.4) is 0 Å². The molecule has 0 spiro atoms. The zero-order valence-corrected chi connectivity index (χ0v) is 12.3. The third kappa shape index (κ3) is 4.28. The third-order valence-corrected chi connectivity index (χ3v) is 3.15. The van der Waals surface area contributed by atoms with E-state index in [-0.39, 0.29) is 11.9 Å². The van der Waals surface area contributed by atoms with Gasteiger partial charge in [0.2, 0.25) is 0 Å². The van der Waals surface area contributed by atoms with Crippen molar-refractivity contribution in [3.63, 3.8) is 0 Å². The summed E-state index contributed by atoms with van der Waals surface area (Å²) in [5, 5.41) is 0. The Morgan fingerprint density at radius 2 is 1.81 bits per heavy atom. The van der Waals surface area contributed by atoms with Crippen molar-refractivity contribution >= 4 is 17.9 Å². The van der Waals surface area contributed by atoms with Gasteiger partial charge in [-0.15, -0.1) is 0 Å². The Hall–Kier alpha value is -2.42. The minimum Gasteiger partial charge on any atom is -0.462 e. The fourth-order valence-corrected chi connectivity index (χ4v) is 1.94. The number of esters is 1. The highest BCUT2D eigenvalue weighted by Gasteiger charge is 2.05. The standard InChI is InChI=1S/C18H19NO2/c1-3-21-18(20)16-9-11-17(12-10-16)19-13-14(2)15-7-5-4-6-8-15/h4-14H,3H2,1-2H3. The maximum atomic E-state index is 11.5. The fourth-order valence-electron chi connectivity index (χ4n) is 1.94. The second-order valence-electron chi connectivity index (χ2n) is 4.74. The number of ether oxygens (including phenoxy) is 1. The first-order valence-corrected chi connectivity index (χ1v) is 7.07. The Kier molecular flexibility index (Phi) is 5.27. The van der Waals surface area contributed by atoms with Crippen molar-refractivity contribution in [3.05, 3.63) is 65.7 Å². The second kappa shape index (κ2) is 7.39. The van der Waals surface area contributed by atoms with Gasteiger partial charge < -0.3 is 4.74 Å². The molecule has 2 rings (SSSR count). The van der Waals surface area contributed by atoms with Gasteiger partial charge in [0.25, 0.3) is 0 Å². The lowest BCUT2D eigenvalue weighted by molar-refractivity contribution is 0.0526. The molecule has 0 amide bonds. The number of aliphatic imine (C=N–C) groups is 1. The highest BCUT2D eigenvalue weighted by atomic mass is 16.5. The van der Waals surface area contributed by atoms with Gasteiger partial charge in [-0.05, 0) is 36.8 Å². The van der Waals surface area contributed by atoms with Gasteiger partial charge in [0.15, 0.2) is 0 Å². The molecule has 0 aliphatic carbocycles. The van der Waals surface area contributed by atoms with Gasteiger partial charge in [0, 0.05) is 12.1 Å². The van der Waals surface area contributed by atoms with Gasteiger partial charge in [-0.2, -0.15) is 0 Å². The first-order valence-electron chi connectivity index (χ1n) is 7.07. The Morgan fingerprint density at radius 1 is 1.14 bits per heavy atom. The highest BCUT2D eigenvalue weighted by Crippen LogP contribution is 2.17. The van der Waals surface area contributed by atoms with E-state index in [0.717, 1.165) is 5.69 Å². The zero-order valence-electron chi connectivity index (χ0n) is 12.3. The number of nitrogens with zero attached hydrogens (tertiary/aromatic N) is 1. The number of benzene rings is 2. The van der Waals surface area contributed by atoms with Crippen LogP contribution in [0.4, 0.5) is 5.69 Å². The van der Waals surface area contributed by atoms with E-state index in [1.54, 1.807) is 19.1 Å². The van der Waals surface area contributed by atoms with Crippen LogP contribution in [0.15, 0.2) is 59.6 Å². The SMILES string of the molecule is CCOC(=O)c1ccc(N=CC(C)c2ccccc2)cc1. The summed E-state index contributed by atoms with van der Waals surface area (Å²) in [6.07, 6.45) is 1.91. The number of rotatable bonds is 5. The first-order chi connectivity index (χ1) is 10.2. The van der Waals surface area contributed by atoms with E-state index < -0.39 is 0 Å². The van der Waals surface area contributed by atoms with Crippen molar-refractivity contribution in [1.82, 2.24) is 0 Å². The molecule has 21 heavy (non-hydrogen) atoms. The molecule has 0 aliphatic rings. The second-order valence-corrected chi connectivity index (χ2v) is 4.74. The van der Waals surface area contributed by atoms with Gasteiger partial charge in [0.1, 0.15) is 0 Å². The molecule has 0 aromatic heterocycles. The molecule has 3 heteroatoms. The predicted octanol–water partition coefficient (Wildman–Crippen LogP) is 4.37. The molecule has 1 atom stereocenters. The predicted molar refractivity (Wildman–Crippen MR) is 85.4 cm³/mol. The fraction of sp³-hybridized carbons (Fsp3) is 0.222. The van der Waals surface area contributed by atoms with Crippen molar-refractivity contribution in [2.45, 2.75) is 19.8 Å². The molecule has 0 bridgehead atoms. The van der Waals surface area contributed by atoms with Crippen LogP contribution in [-0.4, -0.2) is 18.8 Å². The summed E-state index contributed by atoms with van der Waals surface area (Å²) in [5.74, 6) is -0.0541. The van der Waals surface area contributed by atoms with Crippen molar-refractivity contribution in [2.75, 3.05) is 6.61 Å². The third-order valence-electron chi connectivity index (χ3n) is 3.15. The highest BCUT2D eigenvalue weighted by molar-refractivity contribution is 5.89. The molecule has 0 aliphatic heterocycles. The van der Waals surface area contributed by atoms with Gasteiger partial charge in [-0.1, -0.05) is 37.3 Å². The van der Waals surface area contributed by atoms with E-state index >= 15 is 0 Å². The van der Waals surface area contributed by atoms with Gasteiger partial charge in [0.05, 0.1) is 17.9 Å². The number of carbonyl (C=O) groups is 1. The van der Waals surface area contributed by atoms with Crippen LogP contribution in [0.2, 0.25) is 0 Å². The van der Waals surface area contributed by atoms with Crippen molar-refractivity contribution in [1.29, 1.82) is 0 Å². The van der Waals surface area contributed by atoms with Crippen molar-refractivity contribution in [3.8, 4) is 0 Å². The molecule has 2 aromatic rings. The lowest BCUT2D eigenvalue weighted by Crippen LogP contribution is -2.03. The van der Waals surface area contributed by atoms with E-state index in [2.05, 4.69) is 24.0 Å². The quantitative estimate of drug-likeness (QED) is 0.603. The van der Waals surface area contributed by atoms with E-state index in [4.69, 9.17) is 4.74 Å². The summed E-state index contributed by atoms with van der Waals surface area (Å²) in [4.78, 5) is 16.0. The zero-order chi connectivity index (χ0) is 15.1. The molecule has 108 valence electrons. The van der Waals surface area contributed by atoms with Crippen LogP contribution in [0.25, 0.3) is 0 Å². The molecular formula is C18H19NO2. The number of hydrogen-bond donors (Lipinski definition) is 0. The average Bonchev–Trinajstić information content (AvgIpc) is 2.54. The lowest BCUT2D eigenvalue weighted by atomic mass is 10.0. The summed E-state index contributed by atoms with van der Waals surface area (Å²) in [7, 11) is 0. The lowest BCUT2D eigenvalue weighted by Gasteiger charge is -2.05. The molecule has 1 unspecified atom stereocenters. The normalized spacial score (nSPS) is 12.3. The van der Waals surface area contributed by atoms with Crippen LogP contribution in [0, 0.1) is 0 Å². The van der Waals surface area contributed by atoms with E-state index in [1.165, 1.54) is 5.56 Å². The molecule has 0 radical (unpaired) electrons. The van der Waals surface area contributed by atoms with Crippen LogP contribution >= 0.6 is 0 Å².